The van der Waals surface area contributed by atoms with E-state index in [2.05, 4.69) is 0 Å². The maximum Gasteiger partial charge on any atom is 0.153 e. The van der Waals surface area contributed by atoms with Gasteiger partial charge in [-0.05, 0) is 6.07 Å². The maximum atomic E-state index is 13.4. The Bertz CT molecular complexity index is 478. The third-order valence-corrected chi connectivity index (χ3v) is 3.22. The van der Waals surface area contributed by atoms with Gasteiger partial charge < -0.3 is 0 Å². The lowest BCUT2D eigenvalue weighted by Gasteiger charge is -1.95. The first-order valence-electron chi connectivity index (χ1n) is 3.54. The number of hydrogen-bond donors (Lipinski definition) is 0. The molecule has 2 aromatic rings. The average molecular weight is 215 g/mol. The zero-order valence-electron chi connectivity index (χ0n) is 6.38. The van der Waals surface area contributed by atoms with E-state index in [1.54, 1.807) is 11.4 Å². The van der Waals surface area contributed by atoms with Crippen LogP contribution in [0.2, 0.25) is 5.02 Å². The summed E-state index contributed by atoms with van der Waals surface area (Å²) in [6, 6.07) is 3.09. The van der Waals surface area contributed by atoms with Gasteiger partial charge in [-0.3, -0.25) is 4.79 Å². The summed E-state index contributed by atoms with van der Waals surface area (Å²) in [5, 5.41) is 2.84. The summed E-state index contributed by atoms with van der Waals surface area (Å²) in [7, 11) is 0. The van der Waals surface area contributed by atoms with Crippen molar-refractivity contribution in [3.05, 3.63) is 33.9 Å². The Labute approximate surface area is 82.7 Å². The fraction of sp³-hybridized carbons (Fsp3) is 0. The van der Waals surface area contributed by atoms with Gasteiger partial charge in [0.25, 0.3) is 0 Å². The van der Waals surface area contributed by atoms with E-state index >= 15 is 0 Å². The first kappa shape index (κ1) is 8.66. The molecular formula is C9H4ClFOS. The number of hydrogen-bond acceptors (Lipinski definition) is 2. The molecule has 66 valence electrons. The number of carbonyl (C=O) groups is 1. The van der Waals surface area contributed by atoms with Crippen molar-refractivity contribution in [1.82, 2.24) is 0 Å². The molecule has 0 radical (unpaired) electrons. The predicted molar refractivity (Wildman–Crippen MR) is 52.2 cm³/mol. The van der Waals surface area contributed by atoms with Crippen molar-refractivity contribution in [2.24, 2.45) is 0 Å². The van der Waals surface area contributed by atoms with Crippen LogP contribution in [0.3, 0.4) is 0 Å². The average Bonchev–Trinajstić information content (AvgIpc) is 2.50. The van der Waals surface area contributed by atoms with Gasteiger partial charge in [-0.2, -0.15) is 0 Å². The van der Waals surface area contributed by atoms with Crippen LogP contribution in [-0.2, 0) is 0 Å². The van der Waals surface area contributed by atoms with Crippen LogP contribution in [0.15, 0.2) is 17.5 Å². The topological polar surface area (TPSA) is 17.1 Å². The van der Waals surface area contributed by atoms with Crippen molar-refractivity contribution in [1.29, 1.82) is 0 Å². The van der Waals surface area contributed by atoms with E-state index in [1.807, 2.05) is 0 Å². The Morgan fingerprint density at radius 2 is 2.23 bits per heavy atom. The zero-order chi connectivity index (χ0) is 9.42. The molecule has 0 aliphatic carbocycles. The van der Waals surface area contributed by atoms with Crippen molar-refractivity contribution in [3.8, 4) is 0 Å². The number of benzene rings is 1. The minimum absolute atomic E-state index is 0.0750. The predicted octanol–water partition coefficient (Wildman–Crippen LogP) is 3.51. The minimum atomic E-state index is -0.482. The standard InChI is InChI=1S/C9H4ClFOS/c10-7-4-13-9-6(7)2-1-5(3-12)8(9)11/h1-4H. The van der Waals surface area contributed by atoms with Crippen LogP contribution < -0.4 is 0 Å². The summed E-state index contributed by atoms with van der Waals surface area (Å²) < 4.78 is 13.8. The monoisotopic (exact) mass is 214 g/mol. The molecule has 1 aromatic heterocycles. The normalized spacial score (nSPS) is 10.6. The van der Waals surface area contributed by atoms with Crippen molar-refractivity contribution >= 4 is 39.3 Å². The van der Waals surface area contributed by atoms with Crippen LogP contribution in [0.25, 0.3) is 10.1 Å². The Kier molecular flexibility index (Phi) is 2.06. The maximum absolute atomic E-state index is 13.4. The van der Waals surface area contributed by atoms with Crippen LogP contribution in [0, 0.1) is 5.82 Å². The van der Waals surface area contributed by atoms with Crippen molar-refractivity contribution in [2.75, 3.05) is 0 Å². The number of aldehydes is 1. The van der Waals surface area contributed by atoms with Gasteiger partial charge in [0.05, 0.1) is 15.3 Å². The summed E-state index contributed by atoms with van der Waals surface area (Å²) in [6.07, 6.45) is 0.502. The highest BCUT2D eigenvalue weighted by Crippen LogP contribution is 2.32. The van der Waals surface area contributed by atoms with E-state index in [-0.39, 0.29) is 5.56 Å². The van der Waals surface area contributed by atoms with E-state index in [0.717, 1.165) is 0 Å². The molecule has 1 nitrogen and oxygen atoms in total. The number of carbonyl (C=O) groups excluding carboxylic acids is 1. The molecule has 4 heteroatoms. The van der Waals surface area contributed by atoms with Crippen LogP contribution in [0.4, 0.5) is 4.39 Å². The number of fused-ring (bicyclic) bond motifs is 1. The largest absolute Gasteiger partial charge is 0.298 e. The SMILES string of the molecule is O=Cc1ccc2c(Cl)csc2c1F. The van der Waals surface area contributed by atoms with Gasteiger partial charge in [0.1, 0.15) is 0 Å². The Morgan fingerprint density at radius 3 is 2.92 bits per heavy atom. The van der Waals surface area contributed by atoms with Gasteiger partial charge >= 0.3 is 0 Å². The van der Waals surface area contributed by atoms with Gasteiger partial charge in [-0.25, -0.2) is 4.39 Å². The van der Waals surface area contributed by atoms with E-state index < -0.39 is 5.82 Å². The molecule has 0 aliphatic rings. The molecule has 0 atom stereocenters. The molecule has 0 bridgehead atoms. The van der Waals surface area contributed by atoms with Crippen molar-refractivity contribution < 1.29 is 9.18 Å². The lowest BCUT2D eigenvalue weighted by molar-refractivity contribution is 0.112. The molecule has 0 spiro atoms. The van der Waals surface area contributed by atoms with Crippen molar-refractivity contribution in [3.63, 3.8) is 0 Å². The Balaban J connectivity index is 2.87. The molecule has 0 fully saturated rings. The van der Waals surface area contributed by atoms with Gasteiger partial charge in [-0.1, -0.05) is 17.7 Å². The second-order valence-corrected chi connectivity index (χ2v) is 3.83. The summed E-state index contributed by atoms with van der Waals surface area (Å²) in [6.45, 7) is 0. The van der Waals surface area contributed by atoms with Gasteiger partial charge in [0.2, 0.25) is 0 Å². The van der Waals surface area contributed by atoms with Crippen LogP contribution in [0.1, 0.15) is 10.4 Å². The third-order valence-electron chi connectivity index (χ3n) is 1.79. The number of thiophene rings is 1. The Hall–Kier alpha value is -0.930. The Morgan fingerprint density at radius 1 is 1.46 bits per heavy atom. The summed E-state index contributed by atoms with van der Waals surface area (Å²) in [5.41, 5.74) is 0.0750. The van der Waals surface area contributed by atoms with E-state index in [1.165, 1.54) is 17.4 Å². The highest BCUT2D eigenvalue weighted by Gasteiger charge is 2.10. The molecule has 1 heterocycles. The highest BCUT2D eigenvalue weighted by atomic mass is 35.5. The lowest BCUT2D eigenvalue weighted by atomic mass is 10.2. The fourth-order valence-corrected chi connectivity index (χ4v) is 2.36. The van der Waals surface area contributed by atoms with Gasteiger partial charge in [0.15, 0.2) is 12.1 Å². The van der Waals surface area contributed by atoms with Crippen molar-refractivity contribution in [2.45, 2.75) is 0 Å². The fourth-order valence-electron chi connectivity index (χ4n) is 1.14. The smallest absolute Gasteiger partial charge is 0.153 e. The first-order valence-corrected chi connectivity index (χ1v) is 4.80. The molecule has 0 saturated heterocycles. The van der Waals surface area contributed by atoms with Gasteiger partial charge in [-0.15, -0.1) is 11.3 Å². The molecule has 0 N–H and O–H groups in total. The second-order valence-electron chi connectivity index (χ2n) is 2.55. The lowest BCUT2D eigenvalue weighted by Crippen LogP contribution is -1.85. The van der Waals surface area contributed by atoms with E-state index in [9.17, 15) is 9.18 Å². The second kappa shape index (κ2) is 3.09. The number of rotatable bonds is 1. The van der Waals surface area contributed by atoms with Gasteiger partial charge in [0, 0.05) is 10.8 Å². The molecule has 1 aromatic carbocycles. The molecule has 13 heavy (non-hydrogen) atoms. The van der Waals surface area contributed by atoms with Crippen LogP contribution in [0.5, 0.6) is 0 Å². The van der Waals surface area contributed by atoms with E-state index in [0.29, 0.717) is 21.4 Å². The third kappa shape index (κ3) is 1.24. The van der Waals surface area contributed by atoms with Crippen LogP contribution >= 0.6 is 22.9 Å². The molecule has 0 amide bonds. The molecule has 0 aliphatic heterocycles. The minimum Gasteiger partial charge on any atom is -0.298 e. The van der Waals surface area contributed by atoms with E-state index in [4.69, 9.17) is 11.6 Å². The molecular weight excluding hydrogens is 211 g/mol. The summed E-state index contributed by atoms with van der Waals surface area (Å²) >= 11 is 7.00. The first-order chi connectivity index (χ1) is 6.24. The molecule has 2 rings (SSSR count). The molecule has 0 saturated carbocycles. The number of halogens is 2. The van der Waals surface area contributed by atoms with Crippen LogP contribution in [-0.4, -0.2) is 6.29 Å². The highest BCUT2D eigenvalue weighted by molar-refractivity contribution is 7.17. The zero-order valence-corrected chi connectivity index (χ0v) is 7.95. The molecule has 0 unspecified atom stereocenters. The quantitative estimate of drug-likeness (QED) is 0.664. The summed E-state index contributed by atoms with van der Waals surface area (Å²) in [4.78, 5) is 10.4. The summed E-state index contributed by atoms with van der Waals surface area (Å²) in [5.74, 6) is -0.482.